The summed E-state index contributed by atoms with van der Waals surface area (Å²) in [5, 5.41) is 3.22. The zero-order valence-corrected chi connectivity index (χ0v) is 12.6. The lowest BCUT2D eigenvalue weighted by Crippen LogP contribution is -2.35. The molecule has 1 atom stereocenters. The van der Waals surface area contributed by atoms with E-state index in [4.69, 9.17) is 0 Å². The van der Waals surface area contributed by atoms with Crippen LogP contribution in [0.4, 0.5) is 5.69 Å². The number of nitrogens with zero attached hydrogens (tertiary/aromatic N) is 1. The van der Waals surface area contributed by atoms with E-state index in [0.29, 0.717) is 4.90 Å². The molecule has 0 saturated carbocycles. The molecule has 4 nitrogen and oxygen atoms in total. The third-order valence-corrected chi connectivity index (χ3v) is 5.76. The number of nitrogens with one attached hydrogen (secondary N) is 1. The number of hydrogen-bond acceptors (Lipinski definition) is 3. The van der Waals surface area contributed by atoms with Gasteiger partial charge in [-0.1, -0.05) is 19.4 Å². The van der Waals surface area contributed by atoms with Crippen molar-refractivity contribution in [2.75, 3.05) is 18.9 Å². The van der Waals surface area contributed by atoms with Crippen LogP contribution in [0.3, 0.4) is 0 Å². The fraction of sp³-hybridized carbons (Fsp3) is 0.571. The Labute approximate surface area is 115 Å². The number of anilines is 1. The van der Waals surface area contributed by atoms with Gasteiger partial charge in [-0.05, 0) is 37.5 Å². The van der Waals surface area contributed by atoms with Gasteiger partial charge in [-0.25, -0.2) is 8.42 Å². The Kier molecular flexibility index (Phi) is 4.16. The molecule has 1 aromatic carbocycles. The maximum absolute atomic E-state index is 12.5. The van der Waals surface area contributed by atoms with Crippen molar-refractivity contribution >= 4 is 15.7 Å². The summed E-state index contributed by atoms with van der Waals surface area (Å²) in [5.41, 5.74) is 2.15. The molecule has 0 spiro atoms. The van der Waals surface area contributed by atoms with Crippen LogP contribution in [0, 0.1) is 0 Å². The van der Waals surface area contributed by atoms with Gasteiger partial charge in [0.05, 0.1) is 4.90 Å². The highest BCUT2D eigenvalue weighted by molar-refractivity contribution is 7.89. The first-order valence-corrected chi connectivity index (χ1v) is 8.25. The molecule has 106 valence electrons. The molecule has 1 N–H and O–H groups in total. The topological polar surface area (TPSA) is 49.4 Å². The van der Waals surface area contributed by atoms with E-state index in [1.165, 1.54) is 9.87 Å². The quantitative estimate of drug-likeness (QED) is 0.902. The third-order valence-electron chi connectivity index (χ3n) is 3.80. The van der Waals surface area contributed by atoms with Gasteiger partial charge in [0.1, 0.15) is 0 Å². The maximum Gasteiger partial charge on any atom is 0.243 e. The zero-order chi connectivity index (χ0) is 14.0. The van der Waals surface area contributed by atoms with Crippen LogP contribution in [0.1, 0.15) is 32.3 Å². The van der Waals surface area contributed by atoms with Crippen molar-refractivity contribution in [3.8, 4) is 0 Å². The Balaban J connectivity index is 2.29. The lowest BCUT2D eigenvalue weighted by atomic mass is 10.2. The molecule has 19 heavy (non-hydrogen) atoms. The first-order valence-electron chi connectivity index (χ1n) is 6.81. The monoisotopic (exact) mass is 282 g/mol. The van der Waals surface area contributed by atoms with Crippen LogP contribution in [-0.4, -0.2) is 32.4 Å². The molecule has 2 rings (SSSR count). The highest BCUT2D eigenvalue weighted by Gasteiger charge is 2.26. The lowest BCUT2D eigenvalue weighted by Gasteiger charge is -2.24. The molecule has 0 bridgehead atoms. The Morgan fingerprint density at radius 2 is 2.16 bits per heavy atom. The largest absolute Gasteiger partial charge is 0.384 e. The van der Waals surface area contributed by atoms with Crippen molar-refractivity contribution in [3.05, 3.63) is 23.8 Å². The van der Waals surface area contributed by atoms with Gasteiger partial charge in [-0.3, -0.25) is 0 Å². The van der Waals surface area contributed by atoms with E-state index >= 15 is 0 Å². The summed E-state index contributed by atoms with van der Waals surface area (Å²) in [6, 6.07) is 5.42. The fourth-order valence-corrected chi connectivity index (χ4v) is 3.85. The van der Waals surface area contributed by atoms with Crippen LogP contribution >= 0.6 is 0 Å². The summed E-state index contributed by atoms with van der Waals surface area (Å²) in [6.07, 6.45) is 2.82. The Bertz CT molecular complexity index is 555. The molecule has 0 saturated heterocycles. The van der Waals surface area contributed by atoms with Gasteiger partial charge < -0.3 is 5.32 Å². The minimum atomic E-state index is -3.39. The minimum absolute atomic E-state index is 0.0243. The van der Waals surface area contributed by atoms with Crippen molar-refractivity contribution in [1.29, 1.82) is 0 Å². The van der Waals surface area contributed by atoms with E-state index in [9.17, 15) is 8.42 Å². The van der Waals surface area contributed by atoms with E-state index in [0.717, 1.165) is 31.5 Å². The molecule has 0 radical (unpaired) electrons. The normalized spacial score (nSPS) is 16.2. The average Bonchev–Trinajstić information content (AvgIpc) is 2.85. The molecule has 0 aromatic heterocycles. The van der Waals surface area contributed by atoms with Crippen LogP contribution in [0.2, 0.25) is 0 Å². The van der Waals surface area contributed by atoms with Crippen LogP contribution in [0.5, 0.6) is 0 Å². The Hall–Kier alpha value is -1.07. The Morgan fingerprint density at radius 3 is 2.84 bits per heavy atom. The standard InChI is InChI=1S/C14H22N2O2S/c1-4-5-11(2)16(3)19(17,18)13-7-6-12-8-9-15-14(12)10-13/h6-7,10-11,15H,4-5,8-9H2,1-3H3. The number of hydrogen-bond donors (Lipinski definition) is 1. The molecule has 0 amide bonds. The third kappa shape index (κ3) is 2.77. The van der Waals surface area contributed by atoms with Gasteiger partial charge in [-0.15, -0.1) is 0 Å². The van der Waals surface area contributed by atoms with Gasteiger partial charge in [0.15, 0.2) is 0 Å². The summed E-state index contributed by atoms with van der Waals surface area (Å²) < 4.78 is 26.6. The zero-order valence-electron chi connectivity index (χ0n) is 11.8. The summed E-state index contributed by atoms with van der Waals surface area (Å²) >= 11 is 0. The van der Waals surface area contributed by atoms with Gasteiger partial charge >= 0.3 is 0 Å². The minimum Gasteiger partial charge on any atom is -0.384 e. The lowest BCUT2D eigenvalue weighted by molar-refractivity contribution is 0.369. The second-order valence-corrected chi connectivity index (χ2v) is 7.15. The number of rotatable bonds is 5. The van der Waals surface area contributed by atoms with Crippen LogP contribution in [-0.2, 0) is 16.4 Å². The van der Waals surface area contributed by atoms with E-state index in [-0.39, 0.29) is 6.04 Å². The average molecular weight is 282 g/mol. The SMILES string of the molecule is CCCC(C)N(C)S(=O)(=O)c1ccc2c(c1)NCC2. The molecule has 0 fully saturated rings. The van der Waals surface area contributed by atoms with Crippen molar-refractivity contribution < 1.29 is 8.42 Å². The van der Waals surface area contributed by atoms with Crippen LogP contribution in [0.25, 0.3) is 0 Å². The predicted octanol–water partition coefficient (Wildman–Crippen LogP) is 2.46. The molecule has 0 aliphatic carbocycles. The summed E-state index contributed by atoms with van der Waals surface area (Å²) in [4.78, 5) is 0.381. The first-order chi connectivity index (χ1) is 8.96. The number of sulfonamides is 1. The number of benzene rings is 1. The molecule has 5 heteroatoms. The van der Waals surface area contributed by atoms with E-state index in [1.807, 2.05) is 13.0 Å². The number of fused-ring (bicyclic) bond motifs is 1. The second-order valence-electron chi connectivity index (χ2n) is 5.15. The van der Waals surface area contributed by atoms with Crippen LogP contribution in [0.15, 0.2) is 23.1 Å². The van der Waals surface area contributed by atoms with E-state index in [1.54, 1.807) is 19.2 Å². The van der Waals surface area contributed by atoms with Crippen molar-refractivity contribution in [3.63, 3.8) is 0 Å². The molecule has 1 heterocycles. The van der Waals surface area contributed by atoms with Crippen LogP contribution < -0.4 is 5.32 Å². The summed E-state index contributed by atoms with van der Waals surface area (Å²) in [7, 11) is -1.73. The maximum atomic E-state index is 12.5. The molecular weight excluding hydrogens is 260 g/mol. The van der Waals surface area contributed by atoms with Crippen molar-refractivity contribution in [1.82, 2.24) is 4.31 Å². The summed E-state index contributed by atoms with van der Waals surface area (Å²) in [6.45, 7) is 4.91. The molecule has 1 aliphatic rings. The van der Waals surface area contributed by atoms with Gasteiger partial charge in [0, 0.05) is 25.3 Å². The molecule has 1 aliphatic heterocycles. The van der Waals surface area contributed by atoms with E-state index < -0.39 is 10.0 Å². The Morgan fingerprint density at radius 1 is 1.42 bits per heavy atom. The van der Waals surface area contributed by atoms with E-state index in [2.05, 4.69) is 12.2 Å². The highest BCUT2D eigenvalue weighted by Crippen LogP contribution is 2.27. The summed E-state index contributed by atoms with van der Waals surface area (Å²) in [5.74, 6) is 0. The molecule has 1 unspecified atom stereocenters. The van der Waals surface area contributed by atoms with Crippen molar-refractivity contribution in [2.45, 2.75) is 44.0 Å². The first kappa shape index (κ1) is 14.3. The van der Waals surface area contributed by atoms with Gasteiger partial charge in [0.25, 0.3) is 0 Å². The second kappa shape index (κ2) is 5.51. The smallest absolute Gasteiger partial charge is 0.243 e. The predicted molar refractivity (Wildman–Crippen MR) is 78.0 cm³/mol. The highest BCUT2D eigenvalue weighted by atomic mass is 32.2. The molecular formula is C14H22N2O2S. The van der Waals surface area contributed by atoms with Gasteiger partial charge in [-0.2, -0.15) is 4.31 Å². The van der Waals surface area contributed by atoms with Gasteiger partial charge in [0.2, 0.25) is 10.0 Å². The fourth-order valence-electron chi connectivity index (χ4n) is 2.43. The molecule has 1 aromatic rings. The van der Waals surface area contributed by atoms with Crippen molar-refractivity contribution in [2.24, 2.45) is 0 Å².